The highest BCUT2D eigenvalue weighted by molar-refractivity contribution is 5.71. The molecule has 4 heteroatoms. The van der Waals surface area contributed by atoms with E-state index < -0.39 is 0 Å². The molecular formula is C17H17FN2O. The molecule has 0 amide bonds. The quantitative estimate of drug-likeness (QED) is 0.842. The zero-order chi connectivity index (χ0) is 15.4. The molecule has 0 spiro atoms. The van der Waals surface area contributed by atoms with Gasteiger partial charge in [0.15, 0.2) is 6.61 Å². The molecule has 1 aliphatic rings. The minimum atomic E-state index is -0.379. The number of hydrogen-bond acceptors (Lipinski definition) is 3. The van der Waals surface area contributed by atoms with Crippen LogP contribution >= 0.6 is 0 Å². The van der Waals surface area contributed by atoms with E-state index in [-0.39, 0.29) is 12.4 Å². The minimum absolute atomic E-state index is 0.0959. The predicted molar refractivity (Wildman–Crippen MR) is 80.8 cm³/mol. The molecule has 108 valence electrons. The van der Waals surface area contributed by atoms with Gasteiger partial charge >= 0.3 is 0 Å². The van der Waals surface area contributed by atoms with Gasteiger partial charge in [-0.2, -0.15) is 5.26 Å². The maximum atomic E-state index is 14.3. The SMILES string of the molecule is C=C1C(C)=CC=C(c2ccc(OCC#N)cc2F)N1CC. The number of rotatable bonds is 4. The molecule has 0 N–H and O–H groups in total. The Morgan fingerprint density at radius 2 is 2.14 bits per heavy atom. The molecule has 0 unspecified atom stereocenters. The van der Waals surface area contributed by atoms with Crippen LogP contribution in [0.4, 0.5) is 4.39 Å². The summed E-state index contributed by atoms with van der Waals surface area (Å²) in [4.78, 5) is 1.98. The maximum Gasteiger partial charge on any atom is 0.174 e. The fourth-order valence-corrected chi connectivity index (χ4v) is 2.25. The summed E-state index contributed by atoms with van der Waals surface area (Å²) in [6.45, 7) is 8.64. The van der Waals surface area contributed by atoms with Crippen LogP contribution in [0.15, 0.2) is 48.2 Å². The van der Waals surface area contributed by atoms with Crippen LogP contribution in [0, 0.1) is 17.1 Å². The summed E-state index contributed by atoms with van der Waals surface area (Å²) in [7, 11) is 0. The zero-order valence-corrected chi connectivity index (χ0v) is 12.2. The van der Waals surface area contributed by atoms with Crippen LogP contribution in [-0.2, 0) is 0 Å². The average molecular weight is 284 g/mol. The van der Waals surface area contributed by atoms with Crippen LogP contribution in [0.25, 0.3) is 5.70 Å². The predicted octanol–water partition coefficient (Wildman–Crippen LogP) is 3.86. The van der Waals surface area contributed by atoms with Gasteiger partial charge < -0.3 is 9.64 Å². The molecule has 0 saturated carbocycles. The van der Waals surface area contributed by atoms with Crippen molar-refractivity contribution < 1.29 is 9.13 Å². The van der Waals surface area contributed by atoms with E-state index in [2.05, 4.69) is 6.58 Å². The molecule has 1 aromatic carbocycles. The standard InChI is InChI=1S/C17H17FN2O/c1-4-20-13(3)12(2)5-8-17(20)15-7-6-14(11-16(15)18)21-10-9-19/h5-8,11H,3-4,10H2,1-2H3. The number of nitrogens with zero attached hydrogens (tertiary/aromatic N) is 2. The first-order valence-electron chi connectivity index (χ1n) is 6.73. The van der Waals surface area contributed by atoms with Crippen LogP contribution in [0.5, 0.6) is 5.75 Å². The number of ether oxygens (including phenoxy) is 1. The Morgan fingerprint density at radius 3 is 2.76 bits per heavy atom. The average Bonchev–Trinajstić information content (AvgIpc) is 2.48. The first kappa shape index (κ1) is 14.9. The molecular weight excluding hydrogens is 267 g/mol. The van der Waals surface area contributed by atoms with Crippen molar-refractivity contribution in [2.75, 3.05) is 13.2 Å². The third kappa shape index (κ3) is 2.97. The van der Waals surface area contributed by atoms with Gasteiger partial charge in [0.05, 0.1) is 5.70 Å². The van der Waals surface area contributed by atoms with E-state index in [1.54, 1.807) is 12.1 Å². The zero-order valence-electron chi connectivity index (χ0n) is 12.2. The van der Waals surface area contributed by atoms with Gasteiger partial charge in [-0.1, -0.05) is 12.7 Å². The molecule has 1 heterocycles. The van der Waals surface area contributed by atoms with Gasteiger partial charge in [0, 0.05) is 23.9 Å². The fraction of sp³-hybridized carbons (Fsp3) is 0.235. The molecule has 0 fully saturated rings. The first-order valence-corrected chi connectivity index (χ1v) is 6.73. The highest BCUT2D eigenvalue weighted by Crippen LogP contribution is 2.32. The fourth-order valence-electron chi connectivity index (χ4n) is 2.25. The lowest BCUT2D eigenvalue weighted by Crippen LogP contribution is -2.23. The number of benzene rings is 1. The van der Waals surface area contributed by atoms with Crippen molar-refractivity contribution in [1.29, 1.82) is 5.26 Å². The number of hydrogen-bond donors (Lipinski definition) is 0. The van der Waals surface area contributed by atoms with E-state index in [0.717, 1.165) is 17.0 Å². The van der Waals surface area contributed by atoms with Gasteiger partial charge in [-0.05, 0) is 37.6 Å². The Labute approximate surface area is 124 Å². The van der Waals surface area contributed by atoms with Crippen LogP contribution in [0.2, 0.25) is 0 Å². The van der Waals surface area contributed by atoms with Crippen molar-refractivity contribution in [3.63, 3.8) is 0 Å². The van der Waals surface area contributed by atoms with E-state index in [1.165, 1.54) is 6.07 Å². The molecule has 0 saturated heterocycles. The number of nitriles is 1. The van der Waals surface area contributed by atoms with Crippen LogP contribution in [-0.4, -0.2) is 18.1 Å². The summed E-state index contributed by atoms with van der Waals surface area (Å²) in [5.74, 6) is -0.0290. The van der Waals surface area contributed by atoms with Crippen molar-refractivity contribution in [3.05, 3.63) is 59.6 Å². The summed E-state index contributed by atoms with van der Waals surface area (Å²) >= 11 is 0. The van der Waals surface area contributed by atoms with Crippen molar-refractivity contribution in [2.45, 2.75) is 13.8 Å². The van der Waals surface area contributed by atoms with Gasteiger partial charge in [-0.3, -0.25) is 0 Å². The van der Waals surface area contributed by atoms with Gasteiger partial charge in [0.25, 0.3) is 0 Å². The third-order valence-electron chi connectivity index (χ3n) is 3.40. The Morgan fingerprint density at radius 1 is 1.38 bits per heavy atom. The molecule has 0 atom stereocenters. The number of allylic oxidation sites excluding steroid dienone is 3. The number of halogens is 1. The molecule has 0 bridgehead atoms. The van der Waals surface area contributed by atoms with E-state index in [9.17, 15) is 4.39 Å². The summed E-state index contributed by atoms with van der Waals surface area (Å²) in [5, 5.41) is 8.48. The monoisotopic (exact) mass is 284 g/mol. The Hall–Kier alpha value is -2.54. The van der Waals surface area contributed by atoms with Gasteiger partial charge in [0.1, 0.15) is 17.6 Å². The molecule has 3 nitrogen and oxygen atoms in total. The Balaban J connectivity index is 2.37. The van der Waals surface area contributed by atoms with Crippen molar-refractivity contribution in [2.24, 2.45) is 0 Å². The summed E-state index contributed by atoms with van der Waals surface area (Å²) in [5.41, 5.74) is 3.21. The van der Waals surface area contributed by atoms with Gasteiger partial charge in [-0.15, -0.1) is 0 Å². The largest absolute Gasteiger partial charge is 0.479 e. The second-order valence-electron chi connectivity index (χ2n) is 4.68. The second kappa shape index (κ2) is 6.27. The summed E-state index contributed by atoms with van der Waals surface area (Å²) in [6.07, 6.45) is 3.82. The lowest BCUT2D eigenvalue weighted by atomic mass is 10.0. The van der Waals surface area contributed by atoms with Crippen LogP contribution < -0.4 is 4.74 Å². The molecule has 21 heavy (non-hydrogen) atoms. The topological polar surface area (TPSA) is 36.3 Å². The normalized spacial score (nSPS) is 14.4. The molecule has 0 aliphatic carbocycles. The van der Waals surface area contributed by atoms with Crippen LogP contribution in [0.3, 0.4) is 0 Å². The molecule has 1 aliphatic heterocycles. The first-order chi connectivity index (χ1) is 10.1. The van der Waals surface area contributed by atoms with E-state index in [1.807, 2.05) is 37.0 Å². The van der Waals surface area contributed by atoms with Gasteiger partial charge in [-0.25, -0.2) is 4.39 Å². The van der Waals surface area contributed by atoms with E-state index >= 15 is 0 Å². The molecule has 1 aromatic rings. The summed E-state index contributed by atoms with van der Waals surface area (Å²) in [6, 6.07) is 6.49. The van der Waals surface area contributed by atoms with E-state index in [0.29, 0.717) is 17.9 Å². The third-order valence-corrected chi connectivity index (χ3v) is 3.40. The van der Waals surface area contributed by atoms with Crippen molar-refractivity contribution >= 4 is 5.70 Å². The number of likely N-dealkylation sites (N-methyl/N-ethyl adjacent to an activating group) is 1. The van der Waals surface area contributed by atoms with Crippen molar-refractivity contribution in [1.82, 2.24) is 4.90 Å². The van der Waals surface area contributed by atoms with Gasteiger partial charge in [0.2, 0.25) is 0 Å². The molecule has 2 rings (SSSR count). The maximum absolute atomic E-state index is 14.3. The second-order valence-corrected chi connectivity index (χ2v) is 4.68. The highest BCUT2D eigenvalue weighted by Gasteiger charge is 2.20. The van der Waals surface area contributed by atoms with E-state index in [4.69, 9.17) is 10.00 Å². The molecule has 0 radical (unpaired) electrons. The smallest absolute Gasteiger partial charge is 0.174 e. The highest BCUT2D eigenvalue weighted by atomic mass is 19.1. The molecule has 0 aromatic heterocycles. The Bertz CT molecular complexity index is 668. The van der Waals surface area contributed by atoms with Crippen LogP contribution in [0.1, 0.15) is 19.4 Å². The lowest BCUT2D eigenvalue weighted by Gasteiger charge is -2.31. The summed E-state index contributed by atoms with van der Waals surface area (Å²) < 4.78 is 19.4. The Kier molecular flexibility index (Phi) is 4.44. The van der Waals surface area contributed by atoms with Crippen molar-refractivity contribution in [3.8, 4) is 11.8 Å². The minimum Gasteiger partial charge on any atom is -0.479 e. The lowest BCUT2D eigenvalue weighted by molar-refractivity contribution is 0.365.